The summed E-state index contributed by atoms with van der Waals surface area (Å²) < 4.78 is 5.84. The lowest BCUT2D eigenvalue weighted by Gasteiger charge is -2.36. The fourth-order valence-electron chi connectivity index (χ4n) is 5.89. The Morgan fingerprint density at radius 1 is 1.04 bits per heavy atom. The number of para-hydroxylation sites is 2. The number of urea groups is 1. The minimum absolute atomic E-state index is 0.0863. The molecule has 0 bridgehead atoms. The molecule has 1 aliphatic rings. The van der Waals surface area contributed by atoms with Crippen molar-refractivity contribution in [3.63, 3.8) is 0 Å². The van der Waals surface area contributed by atoms with Crippen LogP contribution in [-0.2, 0) is 16.1 Å². The first kappa shape index (κ1) is 31.6. The molecule has 5 rings (SSSR count). The van der Waals surface area contributed by atoms with Crippen molar-refractivity contribution in [3.05, 3.63) is 89.6 Å². The Morgan fingerprint density at radius 2 is 1.80 bits per heavy atom. The normalized spacial score (nSPS) is 14.8. The third-order valence-corrected chi connectivity index (χ3v) is 8.19. The molecule has 1 aromatic heterocycles. The molecule has 2 atom stereocenters. The lowest BCUT2D eigenvalue weighted by molar-refractivity contribution is -0.120. The first-order chi connectivity index (χ1) is 21.7. The topological polar surface area (TPSA) is 110 Å². The Kier molecular flexibility index (Phi) is 9.73. The zero-order valence-corrected chi connectivity index (χ0v) is 26.6. The molecule has 1 saturated heterocycles. The van der Waals surface area contributed by atoms with Crippen LogP contribution in [0.3, 0.4) is 0 Å². The van der Waals surface area contributed by atoms with Crippen molar-refractivity contribution in [2.24, 2.45) is 0 Å². The number of carbonyl (C=O) groups excluding carboxylic acids is 3. The van der Waals surface area contributed by atoms with Gasteiger partial charge in [-0.2, -0.15) is 0 Å². The molecule has 0 radical (unpaired) electrons. The highest BCUT2D eigenvalue weighted by atomic mass is 16.5. The van der Waals surface area contributed by atoms with Gasteiger partial charge in [-0.25, -0.2) is 4.79 Å². The number of ether oxygens (including phenoxy) is 1. The second kappa shape index (κ2) is 13.9. The van der Waals surface area contributed by atoms with E-state index in [0.29, 0.717) is 37.7 Å². The van der Waals surface area contributed by atoms with Crippen LogP contribution >= 0.6 is 0 Å². The third-order valence-electron chi connectivity index (χ3n) is 8.19. The van der Waals surface area contributed by atoms with Gasteiger partial charge in [0, 0.05) is 48.3 Å². The summed E-state index contributed by atoms with van der Waals surface area (Å²) in [5.41, 5.74) is 5.22. The largest absolute Gasteiger partial charge is 0.492 e. The van der Waals surface area contributed by atoms with E-state index in [1.165, 1.54) is 4.90 Å². The van der Waals surface area contributed by atoms with Crippen molar-refractivity contribution in [3.8, 4) is 5.75 Å². The molecule has 2 heterocycles. The molecule has 0 aliphatic carbocycles. The van der Waals surface area contributed by atoms with Gasteiger partial charge >= 0.3 is 6.03 Å². The van der Waals surface area contributed by atoms with Gasteiger partial charge in [-0.05, 0) is 68.9 Å². The van der Waals surface area contributed by atoms with Crippen LogP contribution in [0, 0.1) is 6.92 Å². The summed E-state index contributed by atoms with van der Waals surface area (Å²) in [7, 11) is 3.96. The van der Waals surface area contributed by atoms with E-state index in [2.05, 4.69) is 15.6 Å². The van der Waals surface area contributed by atoms with Crippen LogP contribution in [0.25, 0.3) is 10.9 Å². The first-order valence-corrected chi connectivity index (χ1v) is 15.3. The number of benzene rings is 3. The third kappa shape index (κ3) is 7.12. The summed E-state index contributed by atoms with van der Waals surface area (Å²) in [6, 6.07) is 19.9. The van der Waals surface area contributed by atoms with E-state index >= 15 is 0 Å². The molecular weight excluding hydrogens is 568 g/mol. The fourth-order valence-corrected chi connectivity index (χ4v) is 5.89. The van der Waals surface area contributed by atoms with Gasteiger partial charge in [0.1, 0.15) is 18.3 Å². The van der Waals surface area contributed by atoms with Gasteiger partial charge in [-0.15, -0.1) is 0 Å². The number of fused-ring (bicyclic) bond motifs is 1. The van der Waals surface area contributed by atoms with Crippen molar-refractivity contribution < 1.29 is 19.1 Å². The van der Waals surface area contributed by atoms with Crippen molar-refractivity contribution in [2.75, 3.05) is 50.6 Å². The molecule has 0 spiro atoms. The number of hydrogen-bond acceptors (Lipinski definition) is 5. The SMILES string of the molecule is CCOc1ccc(CN(C)C)cc1NC(=O)[C@H](NC(=O)N1CCN(c2ccccc2C)C(=O)C1)[C@H](C)c1c[nH]c2ccccc12. The molecule has 236 valence electrons. The molecule has 1 aliphatic heterocycles. The summed E-state index contributed by atoms with van der Waals surface area (Å²) in [6.45, 7) is 7.51. The maximum absolute atomic E-state index is 14.1. The molecule has 3 N–H and O–H groups in total. The predicted octanol–water partition coefficient (Wildman–Crippen LogP) is 5.11. The van der Waals surface area contributed by atoms with E-state index in [1.54, 1.807) is 4.90 Å². The average molecular weight is 611 g/mol. The maximum atomic E-state index is 14.1. The molecule has 45 heavy (non-hydrogen) atoms. The maximum Gasteiger partial charge on any atom is 0.318 e. The van der Waals surface area contributed by atoms with E-state index in [0.717, 1.165) is 33.3 Å². The van der Waals surface area contributed by atoms with Crippen LogP contribution < -0.4 is 20.3 Å². The summed E-state index contributed by atoms with van der Waals surface area (Å²) in [4.78, 5) is 49.6. The van der Waals surface area contributed by atoms with Crippen LogP contribution in [0.15, 0.2) is 72.9 Å². The van der Waals surface area contributed by atoms with E-state index in [9.17, 15) is 14.4 Å². The lowest BCUT2D eigenvalue weighted by Crippen LogP contribution is -2.58. The molecule has 10 nitrogen and oxygen atoms in total. The summed E-state index contributed by atoms with van der Waals surface area (Å²) in [5, 5.41) is 7.01. The van der Waals surface area contributed by atoms with Gasteiger partial charge in [0.2, 0.25) is 11.8 Å². The Balaban J connectivity index is 1.40. The molecule has 0 saturated carbocycles. The minimum Gasteiger partial charge on any atom is -0.492 e. The number of aromatic nitrogens is 1. The Hall–Kier alpha value is -4.83. The zero-order chi connectivity index (χ0) is 32.1. The lowest BCUT2D eigenvalue weighted by atomic mass is 9.92. The van der Waals surface area contributed by atoms with Crippen LogP contribution in [0.2, 0.25) is 0 Å². The summed E-state index contributed by atoms with van der Waals surface area (Å²) >= 11 is 0. The van der Waals surface area contributed by atoms with Gasteiger partial charge in [0.15, 0.2) is 0 Å². The van der Waals surface area contributed by atoms with Gasteiger partial charge < -0.3 is 35.1 Å². The second-order valence-electron chi connectivity index (χ2n) is 11.7. The molecule has 0 unspecified atom stereocenters. The van der Waals surface area contributed by atoms with Gasteiger partial charge in [0.05, 0.1) is 12.3 Å². The van der Waals surface area contributed by atoms with E-state index in [1.807, 2.05) is 113 Å². The standard InChI is InChI=1S/C35H42N6O4/c1-6-45-31-16-15-25(21-39(4)5)19-29(31)37-34(43)33(24(3)27-20-36-28-13-9-8-12-26(27)28)38-35(44)40-17-18-41(32(42)22-40)30-14-10-7-11-23(30)2/h7-16,19-20,24,33,36H,6,17-18,21-22H2,1-5H3,(H,37,43)(H,38,44)/t24-,33-/m1/s1. The van der Waals surface area contributed by atoms with Crippen LogP contribution in [0.1, 0.15) is 36.5 Å². The number of rotatable bonds is 10. The van der Waals surface area contributed by atoms with Crippen molar-refractivity contribution >= 4 is 40.1 Å². The highest BCUT2D eigenvalue weighted by Gasteiger charge is 2.34. The molecule has 3 aromatic carbocycles. The number of hydrogen-bond donors (Lipinski definition) is 3. The Bertz CT molecular complexity index is 1680. The van der Waals surface area contributed by atoms with Gasteiger partial charge in [0.25, 0.3) is 0 Å². The van der Waals surface area contributed by atoms with Gasteiger partial charge in [-0.1, -0.05) is 49.4 Å². The van der Waals surface area contributed by atoms with Crippen molar-refractivity contribution in [2.45, 2.75) is 39.3 Å². The van der Waals surface area contributed by atoms with E-state index < -0.39 is 18.0 Å². The Labute approximate surface area is 264 Å². The molecule has 4 aromatic rings. The zero-order valence-electron chi connectivity index (χ0n) is 26.6. The Morgan fingerprint density at radius 3 is 2.53 bits per heavy atom. The molecule has 4 amide bonds. The minimum atomic E-state index is -0.951. The van der Waals surface area contributed by atoms with Crippen LogP contribution in [0.4, 0.5) is 16.2 Å². The summed E-state index contributed by atoms with van der Waals surface area (Å²) in [6.07, 6.45) is 1.88. The number of aryl methyl sites for hydroxylation is 1. The number of nitrogens with one attached hydrogen (secondary N) is 3. The average Bonchev–Trinajstić information content (AvgIpc) is 3.45. The highest BCUT2D eigenvalue weighted by molar-refractivity contribution is 6.01. The summed E-state index contributed by atoms with van der Waals surface area (Å²) in [5.74, 6) is -0.407. The number of anilines is 2. The molecule has 1 fully saturated rings. The molecular formula is C35H42N6O4. The number of carbonyl (C=O) groups is 3. The van der Waals surface area contributed by atoms with E-state index in [-0.39, 0.29) is 18.4 Å². The fraction of sp³-hybridized carbons (Fsp3) is 0.343. The first-order valence-electron chi connectivity index (χ1n) is 15.3. The highest BCUT2D eigenvalue weighted by Crippen LogP contribution is 2.31. The van der Waals surface area contributed by atoms with Gasteiger partial charge in [-0.3, -0.25) is 9.59 Å². The number of piperazine rings is 1. The predicted molar refractivity (Wildman–Crippen MR) is 178 cm³/mol. The van der Waals surface area contributed by atoms with Crippen LogP contribution in [0.5, 0.6) is 5.75 Å². The van der Waals surface area contributed by atoms with Crippen molar-refractivity contribution in [1.29, 1.82) is 0 Å². The number of amides is 4. The number of aromatic amines is 1. The van der Waals surface area contributed by atoms with Crippen molar-refractivity contribution in [1.82, 2.24) is 20.1 Å². The quantitative estimate of drug-likeness (QED) is 0.231. The van der Waals surface area contributed by atoms with Crippen LogP contribution in [-0.4, -0.2) is 79.0 Å². The number of nitrogens with zero attached hydrogens (tertiary/aromatic N) is 3. The number of H-pyrrole nitrogens is 1. The smallest absolute Gasteiger partial charge is 0.318 e. The monoisotopic (exact) mass is 610 g/mol. The molecule has 10 heteroatoms. The second-order valence-corrected chi connectivity index (χ2v) is 11.7. The van der Waals surface area contributed by atoms with E-state index in [4.69, 9.17) is 4.74 Å².